The van der Waals surface area contributed by atoms with Crippen LogP contribution in [0.4, 0.5) is 4.79 Å². The first-order chi connectivity index (χ1) is 27.5. The number of likely N-dealkylation sites (N-methyl/N-ethyl adjacent to an activating group) is 1. The maximum absolute atomic E-state index is 13.9. The Balaban J connectivity index is 1.11. The van der Waals surface area contributed by atoms with Crippen molar-refractivity contribution >= 4 is 23.8 Å². The van der Waals surface area contributed by atoms with E-state index in [-0.39, 0.29) is 63.1 Å². The number of alkyl carbamates (subject to hydrolysis) is 1. The van der Waals surface area contributed by atoms with Crippen LogP contribution in [0.5, 0.6) is 0 Å². The SMILES string of the molecule is [2H]CCN(CC[2H])[C@@H](CC(N)=O)C(=O)N1CCC[C@H]1c1ncc(-c2ccc(-c3ccc(-c4cnc([C@@H]5CCCN5C(=O)[C@@H](NC(=O)OC)C(C)C)[nH]4)cc3)cc2)[nH]1. The van der Waals surface area contributed by atoms with Gasteiger partial charge in [-0.2, -0.15) is 0 Å². The van der Waals surface area contributed by atoms with Crippen LogP contribution < -0.4 is 11.1 Å². The number of benzene rings is 2. The molecule has 0 saturated carbocycles. The number of aromatic amines is 2. The summed E-state index contributed by atoms with van der Waals surface area (Å²) < 4.78 is 20.1. The van der Waals surface area contributed by atoms with E-state index in [0.717, 1.165) is 59.3 Å². The number of nitrogens with two attached hydrogens (primary N) is 1. The predicted octanol–water partition coefficient (Wildman–Crippen LogP) is 5.43. The Morgan fingerprint density at radius 2 is 1.31 bits per heavy atom. The van der Waals surface area contributed by atoms with Gasteiger partial charge in [0.1, 0.15) is 17.7 Å². The number of ether oxygens (including phenoxy) is 1. The molecule has 0 radical (unpaired) electrons. The molecule has 0 unspecified atom stereocenters. The first-order valence-corrected chi connectivity index (χ1v) is 18.9. The largest absolute Gasteiger partial charge is 0.453 e. The van der Waals surface area contributed by atoms with Gasteiger partial charge in [0.25, 0.3) is 0 Å². The van der Waals surface area contributed by atoms with Crippen LogP contribution in [-0.2, 0) is 19.1 Å². The Hall–Kier alpha value is -5.50. The summed E-state index contributed by atoms with van der Waals surface area (Å²) >= 11 is 0. The minimum Gasteiger partial charge on any atom is -0.453 e. The zero-order chi connectivity index (χ0) is 40.6. The monoisotopic (exact) mass is 753 g/mol. The van der Waals surface area contributed by atoms with Crippen LogP contribution in [-0.4, -0.2) is 104 Å². The third-order valence-electron chi connectivity index (χ3n) is 10.7. The van der Waals surface area contributed by atoms with Crippen LogP contribution >= 0.6 is 0 Å². The Kier molecular flexibility index (Phi) is 11.5. The zero-order valence-electron chi connectivity index (χ0n) is 33.8. The molecule has 2 aromatic heterocycles. The number of carbonyl (C=O) groups is 4. The molecular weight excluding hydrogens is 699 g/mol. The summed E-state index contributed by atoms with van der Waals surface area (Å²) in [6, 6.07) is 14.3. The molecule has 4 aromatic rings. The van der Waals surface area contributed by atoms with E-state index in [9.17, 15) is 19.2 Å². The molecule has 14 heteroatoms. The zero-order valence-corrected chi connectivity index (χ0v) is 31.8. The molecule has 2 aliphatic rings. The van der Waals surface area contributed by atoms with E-state index in [1.165, 1.54) is 7.11 Å². The van der Waals surface area contributed by atoms with Crippen molar-refractivity contribution in [1.29, 1.82) is 0 Å². The predicted molar refractivity (Wildman–Crippen MR) is 209 cm³/mol. The van der Waals surface area contributed by atoms with Gasteiger partial charge in [-0.1, -0.05) is 76.2 Å². The van der Waals surface area contributed by atoms with Crippen molar-refractivity contribution < 1.29 is 26.7 Å². The molecule has 4 atom stereocenters. The molecule has 2 aromatic carbocycles. The van der Waals surface area contributed by atoms with E-state index in [4.69, 9.17) is 13.2 Å². The molecule has 2 saturated heterocycles. The van der Waals surface area contributed by atoms with E-state index in [1.807, 2.05) is 38.1 Å². The van der Waals surface area contributed by atoms with Gasteiger partial charge < -0.3 is 35.6 Å². The second-order valence-corrected chi connectivity index (χ2v) is 14.5. The maximum atomic E-state index is 13.9. The van der Waals surface area contributed by atoms with E-state index in [2.05, 4.69) is 49.5 Å². The summed E-state index contributed by atoms with van der Waals surface area (Å²) in [5.74, 6) is 0.308. The van der Waals surface area contributed by atoms with Gasteiger partial charge in [-0.15, -0.1) is 0 Å². The van der Waals surface area contributed by atoms with Crippen LogP contribution in [0.15, 0.2) is 60.9 Å². The highest BCUT2D eigenvalue weighted by molar-refractivity contribution is 5.88. The first-order valence-electron chi connectivity index (χ1n) is 20.3. The topological polar surface area (TPSA) is 183 Å². The highest BCUT2D eigenvalue weighted by atomic mass is 16.5. The summed E-state index contributed by atoms with van der Waals surface area (Å²) in [5, 5.41) is 2.69. The third-order valence-corrected chi connectivity index (χ3v) is 10.7. The fourth-order valence-electron chi connectivity index (χ4n) is 7.68. The number of nitrogens with zero attached hydrogens (tertiary/aromatic N) is 5. The first kappa shape index (κ1) is 36.5. The van der Waals surface area contributed by atoms with Crippen LogP contribution in [0.25, 0.3) is 33.6 Å². The van der Waals surface area contributed by atoms with Crippen molar-refractivity contribution in [2.75, 3.05) is 33.3 Å². The number of H-pyrrole nitrogens is 2. The summed E-state index contributed by atoms with van der Waals surface area (Å²) in [5.41, 5.74) is 11.2. The lowest BCUT2D eigenvalue weighted by atomic mass is 10.0. The van der Waals surface area contributed by atoms with Crippen LogP contribution in [0.3, 0.4) is 0 Å². The van der Waals surface area contributed by atoms with Gasteiger partial charge in [-0.25, -0.2) is 14.8 Å². The molecule has 6 rings (SSSR count). The Morgan fingerprint density at radius 1 is 0.836 bits per heavy atom. The van der Waals surface area contributed by atoms with Gasteiger partial charge in [-0.05, 0) is 66.9 Å². The Morgan fingerprint density at radius 3 is 1.75 bits per heavy atom. The summed E-state index contributed by atoms with van der Waals surface area (Å²) in [7, 11) is 1.28. The number of amides is 4. The van der Waals surface area contributed by atoms with Crippen molar-refractivity contribution in [3.63, 3.8) is 0 Å². The molecule has 4 amide bonds. The summed E-state index contributed by atoms with van der Waals surface area (Å²) in [6.45, 7) is 5.56. The second-order valence-electron chi connectivity index (χ2n) is 14.5. The number of nitrogens with one attached hydrogen (secondary N) is 3. The average Bonchev–Trinajstić information content (AvgIpc) is 4.05. The summed E-state index contributed by atoms with van der Waals surface area (Å²) in [4.78, 5) is 72.8. The van der Waals surface area contributed by atoms with Crippen molar-refractivity contribution in [3.05, 3.63) is 72.6 Å². The number of hydrogen-bond donors (Lipinski definition) is 4. The molecule has 14 nitrogen and oxygen atoms in total. The van der Waals surface area contributed by atoms with Gasteiger partial charge in [0, 0.05) is 15.8 Å². The lowest BCUT2D eigenvalue weighted by Gasteiger charge is -2.33. The van der Waals surface area contributed by atoms with E-state index < -0.39 is 24.1 Å². The van der Waals surface area contributed by atoms with Gasteiger partial charge in [0.05, 0.1) is 55.4 Å². The van der Waals surface area contributed by atoms with Gasteiger partial charge in [0.2, 0.25) is 17.7 Å². The molecule has 55 heavy (non-hydrogen) atoms. The number of methoxy groups -OCH3 is 1. The van der Waals surface area contributed by atoms with Crippen LogP contribution in [0, 0.1) is 5.92 Å². The molecule has 2 fully saturated rings. The number of rotatable bonds is 14. The quantitative estimate of drug-likeness (QED) is 0.132. The van der Waals surface area contributed by atoms with Gasteiger partial charge in [-0.3, -0.25) is 19.3 Å². The van der Waals surface area contributed by atoms with E-state index >= 15 is 0 Å². The number of likely N-dealkylation sites (tertiary alicyclic amines) is 2. The van der Waals surface area contributed by atoms with Crippen molar-refractivity contribution in [2.45, 2.75) is 83.9 Å². The Labute approximate surface area is 325 Å². The molecular formula is C41H53N9O5. The lowest BCUT2D eigenvalue weighted by Crippen LogP contribution is -2.51. The molecule has 292 valence electrons. The van der Waals surface area contributed by atoms with Crippen molar-refractivity contribution in [2.24, 2.45) is 11.7 Å². The fourth-order valence-corrected chi connectivity index (χ4v) is 7.68. The second kappa shape index (κ2) is 17.3. The minimum atomic E-state index is -0.811. The number of primary amides is 1. The highest BCUT2D eigenvalue weighted by Crippen LogP contribution is 2.35. The molecule has 5 N–H and O–H groups in total. The standard InChI is InChI=1S/C41H53N9O5/c1-6-48(7-2)34(22-35(42)51)39(52)49-20-8-10-32(49)37-43-23-30(45-37)28-16-12-26(13-17-28)27-14-18-29(19-15-27)31-24-44-38(46-31)33-11-9-21-50(33)40(53)36(25(3)4)47-41(54)55-5/h12-19,23-25,32-34,36H,6-11,20-22H2,1-5H3,(H2,42,51)(H,43,45)(H,44,46)(H,47,54)/t32-,33-,34-,36-/m0/s1/i1D,2D. The number of imidazole rings is 2. The fraction of sp³-hybridized carbons (Fsp3) is 0.463. The molecule has 0 bridgehead atoms. The number of carbonyl (C=O) groups excluding carboxylic acids is 4. The summed E-state index contributed by atoms with van der Waals surface area (Å²) in [6.07, 6.45) is 5.90. The van der Waals surface area contributed by atoms with Crippen molar-refractivity contribution in [3.8, 4) is 33.6 Å². The number of hydrogen-bond acceptors (Lipinski definition) is 8. The Bertz CT molecular complexity index is 2000. The smallest absolute Gasteiger partial charge is 0.407 e. The van der Waals surface area contributed by atoms with Crippen LogP contribution in [0.2, 0.25) is 0 Å². The highest BCUT2D eigenvalue weighted by Gasteiger charge is 2.39. The van der Waals surface area contributed by atoms with Crippen LogP contribution in [0.1, 0.15) is 86.2 Å². The average molecular weight is 754 g/mol. The van der Waals surface area contributed by atoms with Crippen molar-refractivity contribution in [1.82, 2.24) is 40.0 Å². The van der Waals surface area contributed by atoms with Gasteiger partial charge in [0.15, 0.2) is 0 Å². The maximum Gasteiger partial charge on any atom is 0.407 e. The van der Waals surface area contributed by atoms with E-state index in [1.54, 1.807) is 27.1 Å². The van der Waals surface area contributed by atoms with E-state index in [0.29, 0.717) is 24.7 Å². The third kappa shape index (κ3) is 8.59. The molecule has 0 aliphatic carbocycles. The molecule has 2 aliphatic heterocycles. The molecule has 4 heterocycles. The lowest BCUT2D eigenvalue weighted by molar-refractivity contribution is -0.140. The normalized spacial score (nSPS) is 18.6. The van der Waals surface area contributed by atoms with Gasteiger partial charge >= 0.3 is 6.09 Å². The number of aromatic nitrogens is 4. The molecule has 0 spiro atoms. The minimum absolute atomic E-state index is 0.0506.